The van der Waals surface area contributed by atoms with Crippen molar-refractivity contribution in [3.05, 3.63) is 36.2 Å². The Morgan fingerprint density at radius 3 is 2.81 bits per heavy atom. The van der Waals surface area contributed by atoms with Gasteiger partial charge in [0, 0.05) is 24.9 Å². The highest BCUT2D eigenvalue weighted by Gasteiger charge is 2.28. The molecule has 1 atom stereocenters. The van der Waals surface area contributed by atoms with Gasteiger partial charge in [-0.05, 0) is 44.0 Å². The Balaban J connectivity index is 1.63. The van der Waals surface area contributed by atoms with Crippen molar-refractivity contribution in [3.8, 4) is 11.5 Å². The van der Waals surface area contributed by atoms with E-state index in [1.165, 1.54) is 6.26 Å². The normalized spacial score (nSPS) is 16.4. The zero-order valence-corrected chi connectivity index (χ0v) is 15.4. The highest BCUT2D eigenvalue weighted by atomic mass is 16.5. The average molecular weight is 373 g/mol. The van der Waals surface area contributed by atoms with Crippen LogP contribution in [-0.4, -0.2) is 54.8 Å². The van der Waals surface area contributed by atoms with Gasteiger partial charge in [0.25, 0.3) is 0 Å². The summed E-state index contributed by atoms with van der Waals surface area (Å²) in [4.78, 5) is 30.1. The number of amides is 2. The lowest BCUT2D eigenvalue weighted by atomic mass is 10.2. The molecule has 1 aromatic carbocycles. The van der Waals surface area contributed by atoms with E-state index in [0.717, 1.165) is 19.4 Å². The Morgan fingerprint density at radius 1 is 1.33 bits per heavy atom. The molecule has 0 spiro atoms. The Hall–Kier alpha value is -2.87. The van der Waals surface area contributed by atoms with Crippen LogP contribution >= 0.6 is 0 Å². The molecule has 2 aromatic rings. The molecule has 0 bridgehead atoms. The molecule has 1 aliphatic rings. The summed E-state index contributed by atoms with van der Waals surface area (Å²) in [7, 11) is 1.64. The van der Waals surface area contributed by atoms with Crippen molar-refractivity contribution in [1.82, 2.24) is 9.88 Å². The number of benzene rings is 1. The molecule has 0 unspecified atom stereocenters. The van der Waals surface area contributed by atoms with Crippen LogP contribution in [0.4, 0.5) is 10.5 Å². The van der Waals surface area contributed by atoms with E-state index in [4.69, 9.17) is 13.9 Å². The lowest BCUT2D eigenvalue weighted by molar-refractivity contribution is 0.0519. The van der Waals surface area contributed by atoms with Crippen LogP contribution in [0, 0.1) is 0 Å². The fraction of sp³-hybridized carbons (Fsp3) is 0.421. The van der Waals surface area contributed by atoms with Gasteiger partial charge in [0.2, 0.25) is 5.89 Å². The number of hydrogen-bond acceptors (Lipinski definition) is 6. The summed E-state index contributed by atoms with van der Waals surface area (Å²) in [6.45, 7) is 3.27. The summed E-state index contributed by atoms with van der Waals surface area (Å²) >= 11 is 0. The minimum Gasteiger partial charge on any atom is -0.461 e. The Morgan fingerprint density at radius 2 is 2.11 bits per heavy atom. The second-order valence-electron chi connectivity index (χ2n) is 6.21. The number of methoxy groups -OCH3 is 1. The largest absolute Gasteiger partial charge is 0.461 e. The predicted octanol–water partition coefficient (Wildman–Crippen LogP) is 3.16. The molecule has 27 heavy (non-hydrogen) atoms. The second kappa shape index (κ2) is 8.68. The lowest BCUT2D eigenvalue weighted by Gasteiger charge is -2.24. The Kier molecular flexibility index (Phi) is 6.08. The van der Waals surface area contributed by atoms with E-state index in [1.54, 1.807) is 43.2 Å². The third-order valence-electron chi connectivity index (χ3n) is 4.37. The van der Waals surface area contributed by atoms with Gasteiger partial charge < -0.3 is 24.1 Å². The first kappa shape index (κ1) is 18.9. The molecule has 1 aliphatic heterocycles. The van der Waals surface area contributed by atoms with E-state index in [2.05, 4.69) is 10.3 Å². The summed E-state index contributed by atoms with van der Waals surface area (Å²) in [6, 6.07) is 7.05. The number of carbonyl (C=O) groups is 2. The van der Waals surface area contributed by atoms with E-state index < -0.39 is 5.97 Å². The molecule has 0 radical (unpaired) electrons. The van der Waals surface area contributed by atoms with Crippen LogP contribution in [0.1, 0.15) is 30.3 Å². The maximum atomic E-state index is 12.5. The molecule has 1 fully saturated rings. The third kappa shape index (κ3) is 4.46. The zero-order chi connectivity index (χ0) is 19.2. The fourth-order valence-corrected chi connectivity index (χ4v) is 3.07. The van der Waals surface area contributed by atoms with Crippen molar-refractivity contribution >= 4 is 17.7 Å². The first-order valence-electron chi connectivity index (χ1n) is 8.92. The number of anilines is 1. The minimum atomic E-state index is -0.521. The summed E-state index contributed by atoms with van der Waals surface area (Å²) in [5.41, 5.74) is 1.49. The van der Waals surface area contributed by atoms with Gasteiger partial charge in [-0.25, -0.2) is 14.6 Å². The molecule has 0 aliphatic carbocycles. The van der Waals surface area contributed by atoms with Crippen LogP contribution in [-0.2, 0) is 9.47 Å². The molecule has 0 saturated carbocycles. The first-order valence-corrected chi connectivity index (χ1v) is 8.92. The molecule has 3 rings (SSSR count). The number of nitrogens with zero attached hydrogens (tertiary/aromatic N) is 2. The molecule has 1 saturated heterocycles. The highest BCUT2D eigenvalue weighted by molar-refractivity contribution is 5.90. The number of nitrogens with one attached hydrogen (secondary N) is 1. The molecule has 2 amide bonds. The number of aromatic nitrogens is 1. The first-order chi connectivity index (χ1) is 13.1. The molecule has 1 N–H and O–H groups in total. The maximum Gasteiger partial charge on any atom is 0.360 e. The molecule has 8 heteroatoms. The summed E-state index contributed by atoms with van der Waals surface area (Å²) in [5.74, 6) is -0.205. The zero-order valence-electron chi connectivity index (χ0n) is 15.4. The van der Waals surface area contributed by atoms with Crippen molar-refractivity contribution in [2.45, 2.75) is 25.8 Å². The number of rotatable bonds is 6. The second-order valence-corrected chi connectivity index (χ2v) is 6.21. The van der Waals surface area contributed by atoms with Crippen molar-refractivity contribution in [3.63, 3.8) is 0 Å². The lowest BCUT2D eigenvalue weighted by Crippen LogP contribution is -2.40. The van der Waals surface area contributed by atoms with Gasteiger partial charge >= 0.3 is 12.0 Å². The fourth-order valence-electron chi connectivity index (χ4n) is 3.07. The van der Waals surface area contributed by atoms with Crippen LogP contribution in [0.5, 0.6) is 0 Å². The van der Waals surface area contributed by atoms with Crippen molar-refractivity contribution in [2.24, 2.45) is 0 Å². The monoisotopic (exact) mass is 373 g/mol. The van der Waals surface area contributed by atoms with Gasteiger partial charge in [-0.3, -0.25) is 0 Å². The number of hydrogen-bond donors (Lipinski definition) is 1. The van der Waals surface area contributed by atoms with Gasteiger partial charge in [-0.2, -0.15) is 0 Å². The number of ether oxygens (including phenoxy) is 2. The number of urea groups is 1. The van der Waals surface area contributed by atoms with Crippen LogP contribution in [0.15, 0.2) is 34.9 Å². The van der Waals surface area contributed by atoms with E-state index in [1.807, 2.05) is 0 Å². The minimum absolute atomic E-state index is 0.114. The Bertz CT molecular complexity index is 787. The van der Waals surface area contributed by atoms with Crippen LogP contribution in [0.25, 0.3) is 11.5 Å². The molecular weight excluding hydrogens is 350 g/mol. The SMILES string of the molecule is CCOC(=O)c1coc(-c2ccc(NC(=O)N3CCC[C@H]3COC)cc2)n1. The van der Waals surface area contributed by atoms with Crippen LogP contribution < -0.4 is 5.32 Å². The quantitative estimate of drug-likeness (QED) is 0.782. The van der Waals surface area contributed by atoms with Crippen LogP contribution in [0.2, 0.25) is 0 Å². The molecule has 2 heterocycles. The Labute approximate surface area is 157 Å². The van der Waals surface area contributed by atoms with Gasteiger partial charge in [-0.15, -0.1) is 0 Å². The smallest absolute Gasteiger partial charge is 0.360 e. The topological polar surface area (TPSA) is 93.9 Å². The number of oxazole rings is 1. The summed E-state index contributed by atoms with van der Waals surface area (Å²) in [5, 5.41) is 2.90. The molecular formula is C19H23N3O5. The van der Waals surface area contributed by atoms with Crippen LogP contribution in [0.3, 0.4) is 0 Å². The highest BCUT2D eigenvalue weighted by Crippen LogP contribution is 2.23. The van der Waals surface area contributed by atoms with Gasteiger partial charge in [-0.1, -0.05) is 0 Å². The van der Waals surface area contributed by atoms with E-state index >= 15 is 0 Å². The van der Waals surface area contributed by atoms with Crippen molar-refractivity contribution < 1.29 is 23.5 Å². The van der Waals surface area contributed by atoms with Crippen molar-refractivity contribution in [1.29, 1.82) is 0 Å². The number of esters is 1. The molecule has 8 nitrogen and oxygen atoms in total. The van der Waals surface area contributed by atoms with Crippen molar-refractivity contribution in [2.75, 3.05) is 32.2 Å². The van der Waals surface area contributed by atoms with E-state index in [-0.39, 0.29) is 24.4 Å². The maximum absolute atomic E-state index is 12.5. The van der Waals surface area contributed by atoms with Gasteiger partial charge in [0.1, 0.15) is 6.26 Å². The van der Waals surface area contributed by atoms with Gasteiger partial charge in [0.15, 0.2) is 5.69 Å². The van der Waals surface area contributed by atoms with E-state index in [9.17, 15) is 9.59 Å². The number of likely N-dealkylation sites (tertiary alicyclic amines) is 1. The molecule has 1 aromatic heterocycles. The third-order valence-corrected chi connectivity index (χ3v) is 4.37. The standard InChI is InChI=1S/C19H23N3O5/c1-3-26-18(23)16-12-27-17(21-16)13-6-8-14(9-7-13)20-19(24)22-10-4-5-15(22)11-25-2/h6-9,12,15H,3-5,10-11H2,1-2H3,(H,20,24)/t15-/m0/s1. The van der Waals surface area contributed by atoms with E-state index in [0.29, 0.717) is 23.7 Å². The molecule has 144 valence electrons. The summed E-state index contributed by atoms with van der Waals surface area (Å²) < 4.78 is 15.4. The predicted molar refractivity (Wildman–Crippen MR) is 98.5 cm³/mol. The number of carbonyl (C=O) groups excluding carboxylic acids is 2. The average Bonchev–Trinajstić information content (AvgIpc) is 3.32. The summed E-state index contributed by atoms with van der Waals surface area (Å²) in [6.07, 6.45) is 3.20. The van der Waals surface area contributed by atoms with Gasteiger partial charge in [0.05, 0.1) is 19.3 Å².